The van der Waals surface area contributed by atoms with Crippen molar-refractivity contribution >= 4 is 5.69 Å². The molecule has 0 amide bonds. The maximum atomic E-state index is 13.9. The summed E-state index contributed by atoms with van der Waals surface area (Å²) in [4.78, 5) is 2.09. The first kappa shape index (κ1) is 15.9. The van der Waals surface area contributed by atoms with Gasteiger partial charge in [0.1, 0.15) is 5.82 Å². The first-order valence-corrected chi connectivity index (χ1v) is 6.74. The van der Waals surface area contributed by atoms with Crippen molar-refractivity contribution in [2.75, 3.05) is 25.2 Å². The highest BCUT2D eigenvalue weighted by molar-refractivity contribution is 5.56. The molecule has 0 heterocycles. The van der Waals surface area contributed by atoms with Crippen molar-refractivity contribution in [2.24, 2.45) is 0 Å². The Kier molecular flexibility index (Phi) is 6.25. The number of benzene rings is 1. The molecule has 0 aliphatic heterocycles. The average molecular weight is 269 g/mol. The van der Waals surface area contributed by atoms with Crippen molar-refractivity contribution in [3.8, 4) is 0 Å². The number of rotatable bonds is 7. The van der Waals surface area contributed by atoms with Crippen molar-refractivity contribution < 1.29 is 14.2 Å². The highest BCUT2D eigenvalue weighted by Crippen LogP contribution is 2.30. The predicted octanol–water partition coefficient (Wildman–Crippen LogP) is 3.13. The third-order valence-corrected chi connectivity index (χ3v) is 3.42. The fraction of sp³-hybridized carbons (Fsp3) is 0.600. The smallest absolute Gasteiger partial charge is 0.131 e. The molecule has 1 aromatic rings. The molecular weight excluding hydrogens is 245 g/mol. The lowest BCUT2D eigenvalue weighted by atomic mass is 10.0. The highest BCUT2D eigenvalue weighted by atomic mass is 19.1. The summed E-state index contributed by atoms with van der Waals surface area (Å²) in [6.45, 7) is 7.01. The normalized spacial score (nSPS) is 14.2. The van der Waals surface area contributed by atoms with E-state index in [1.54, 1.807) is 20.1 Å². The van der Waals surface area contributed by atoms with Gasteiger partial charge in [-0.2, -0.15) is 0 Å². The molecule has 1 N–H and O–H groups in total. The Balaban J connectivity index is 3.17. The highest BCUT2D eigenvalue weighted by Gasteiger charge is 2.21. The standard InChI is InChI=1S/C15H24FNO2/c1-5-11(2)17(9-10-19-4)14-8-6-7-13(16)15(14)12(3)18/h6-8,11-12,18H,5,9-10H2,1-4H3/t11?,12-/m0/s1. The maximum Gasteiger partial charge on any atom is 0.131 e. The van der Waals surface area contributed by atoms with Crippen LogP contribution in [0.5, 0.6) is 0 Å². The van der Waals surface area contributed by atoms with Gasteiger partial charge in [-0.3, -0.25) is 0 Å². The van der Waals surface area contributed by atoms with Crippen LogP contribution >= 0.6 is 0 Å². The van der Waals surface area contributed by atoms with E-state index in [2.05, 4.69) is 18.7 Å². The summed E-state index contributed by atoms with van der Waals surface area (Å²) < 4.78 is 19.1. The van der Waals surface area contributed by atoms with E-state index in [1.165, 1.54) is 6.07 Å². The number of halogens is 1. The molecule has 0 aromatic heterocycles. The second-order valence-electron chi connectivity index (χ2n) is 4.79. The molecular formula is C15H24FNO2. The number of hydrogen-bond donors (Lipinski definition) is 1. The van der Waals surface area contributed by atoms with Crippen LogP contribution in [0.2, 0.25) is 0 Å². The molecule has 0 spiro atoms. The van der Waals surface area contributed by atoms with Crippen LogP contribution in [0.4, 0.5) is 10.1 Å². The van der Waals surface area contributed by atoms with Gasteiger partial charge in [0.05, 0.1) is 12.7 Å². The summed E-state index contributed by atoms with van der Waals surface area (Å²) in [7, 11) is 1.65. The summed E-state index contributed by atoms with van der Waals surface area (Å²) >= 11 is 0. The van der Waals surface area contributed by atoms with E-state index in [0.717, 1.165) is 12.1 Å². The Hall–Kier alpha value is -1.13. The van der Waals surface area contributed by atoms with E-state index in [9.17, 15) is 9.50 Å². The van der Waals surface area contributed by atoms with Crippen LogP contribution in [-0.2, 0) is 4.74 Å². The van der Waals surface area contributed by atoms with Gasteiger partial charge in [0, 0.05) is 30.9 Å². The molecule has 108 valence electrons. The zero-order valence-electron chi connectivity index (χ0n) is 12.2. The van der Waals surface area contributed by atoms with Gasteiger partial charge in [0.25, 0.3) is 0 Å². The van der Waals surface area contributed by atoms with Crippen molar-refractivity contribution in [3.05, 3.63) is 29.6 Å². The Bertz CT molecular complexity index is 396. The van der Waals surface area contributed by atoms with E-state index in [4.69, 9.17) is 4.74 Å². The molecule has 0 aliphatic carbocycles. The van der Waals surface area contributed by atoms with Crippen molar-refractivity contribution in [1.29, 1.82) is 0 Å². The van der Waals surface area contributed by atoms with E-state index >= 15 is 0 Å². The second kappa shape index (κ2) is 7.46. The van der Waals surface area contributed by atoms with Crippen LogP contribution in [0, 0.1) is 5.82 Å². The molecule has 0 saturated carbocycles. The van der Waals surface area contributed by atoms with Crippen molar-refractivity contribution in [2.45, 2.75) is 39.3 Å². The molecule has 0 radical (unpaired) electrons. The summed E-state index contributed by atoms with van der Waals surface area (Å²) in [5, 5.41) is 9.82. The Morgan fingerprint density at radius 3 is 2.58 bits per heavy atom. The van der Waals surface area contributed by atoms with Gasteiger partial charge in [-0.15, -0.1) is 0 Å². The minimum Gasteiger partial charge on any atom is -0.389 e. The monoisotopic (exact) mass is 269 g/mol. The number of nitrogens with zero attached hydrogens (tertiary/aromatic N) is 1. The van der Waals surface area contributed by atoms with Crippen LogP contribution < -0.4 is 4.90 Å². The number of anilines is 1. The van der Waals surface area contributed by atoms with E-state index in [0.29, 0.717) is 18.7 Å². The van der Waals surface area contributed by atoms with Crippen molar-refractivity contribution in [1.82, 2.24) is 0 Å². The van der Waals surface area contributed by atoms with Crippen LogP contribution in [0.15, 0.2) is 18.2 Å². The van der Waals surface area contributed by atoms with Gasteiger partial charge in [0.2, 0.25) is 0 Å². The largest absolute Gasteiger partial charge is 0.389 e. The van der Waals surface area contributed by atoms with Crippen LogP contribution in [0.1, 0.15) is 38.9 Å². The van der Waals surface area contributed by atoms with Crippen LogP contribution in [0.3, 0.4) is 0 Å². The lowest BCUT2D eigenvalue weighted by Crippen LogP contribution is -2.36. The average Bonchev–Trinajstić information content (AvgIpc) is 2.38. The third-order valence-electron chi connectivity index (χ3n) is 3.42. The molecule has 4 heteroatoms. The fourth-order valence-electron chi connectivity index (χ4n) is 2.18. The summed E-state index contributed by atoms with van der Waals surface area (Å²) in [5.41, 5.74) is 1.11. The van der Waals surface area contributed by atoms with Crippen LogP contribution in [0.25, 0.3) is 0 Å². The molecule has 3 nitrogen and oxygen atoms in total. The van der Waals surface area contributed by atoms with E-state index in [-0.39, 0.29) is 11.9 Å². The zero-order valence-corrected chi connectivity index (χ0v) is 12.2. The predicted molar refractivity (Wildman–Crippen MR) is 76.0 cm³/mol. The molecule has 0 fully saturated rings. The second-order valence-corrected chi connectivity index (χ2v) is 4.79. The first-order chi connectivity index (χ1) is 9.02. The number of aliphatic hydroxyl groups excluding tert-OH is 1. The Morgan fingerprint density at radius 1 is 1.37 bits per heavy atom. The lowest BCUT2D eigenvalue weighted by molar-refractivity contribution is 0.192. The minimum atomic E-state index is -0.828. The SMILES string of the molecule is CCC(C)N(CCOC)c1cccc(F)c1[C@H](C)O. The van der Waals surface area contributed by atoms with E-state index < -0.39 is 6.10 Å². The molecule has 0 saturated heterocycles. The molecule has 1 unspecified atom stereocenters. The van der Waals surface area contributed by atoms with Gasteiger partial charge in [-0.25, -0.2) is 4.39 Å². The molecule has 1 rings (SSSR count). The van der Waals surface area contributed by atoms with Crippen molar-refractivity contribution in [3.63, 3.8) is 0 Å². The van der Waals surface area contributed by atoms with E-state index in [1.807, 2.05) is 6.07 Å². The fourth-order valence-corrected chi connectivity index (χ4v) is 2.18. The molecule has 1 aromatic carbocycles. The first-order valence-electron chi connectivity index (χ1n) is 6.74. The maximum absolute atomic E-state index is 13.9. The number of ether oxygens (including phenoxy) is 1. The topological polar surface area (TPSA) is 32.7 Å². The summed E-state index contributed by atoms with van der Waals surface area (Å²) in [6.07, 6.45) is 0.116. The Morgan fingerprint density at radius 2 is 2.05 bits per heavy atom. The summed E-state index contributed by atoms with van der Waals surface area (Å²) in [6, 6.07) is 5.18. The van der Waals surface area contributed by atoms with Crippen LogP contribution in [-0.4, -0.2) is 31.4 Å². The summed E-state index contributed by atoms with van der Waals surface area (Å²) in [5.74, 6) is -0.363. The number of aliphatic hydroxyl groups is 1. The van der Waals surface area contributed by atoms with Gasteiger partial charge < -0.3 is 14.7 Å². The van der Waals surface area contributed by atoms with Gasteiger partial charge in [0.15, 0.2) is 0 Å². The van der Waals surface area contributed by atoms with Gasteiger partial charge >= 0.3 is 0 Å². The number of hydrogen-bond acceptors (Lipinski definition) is 3. The zero-order chi connectivity index (χ0) is 14.4. The quantitative estimate of drug-likeness (QED) is 0.825. The number of methoxy groups -OCH3 is 1. The molecule has 19 heavy (non-hydrogen) atoms. The third kappa shape index (κ3) is 3.91. The minimum absolute atomic E-state index is 0.259. The van der Waals surface area contributed by atoms with Gasteiger partial charge in [-0.05, 0) is 32.4 Å². The molecule has 0 bridgehead atoms. The molecule has 2 atom stereocenters. The lowest BCUT2D eigenvalue weighted by Gasteiger charge is -2.33. The molecule has 0 aliphatic rings. The Labute approximate surface area is 115 Å². The van der Waals surface area contributed by atoms with Gasteiger partial charge in [-0.1, -0.05) is 13.0 Å².